The van der Waals surface area contributed by atoms with Gasteiger partial charge < -0.3 is 9.30 Å². The maximum atomic E-state index is 13.1. The molecule has 2 aromatic carbocycles. The highest BCUT2D eigenvalue weighted by Crippen LogP contribution is 2.25. The molecule has 0 spiro atoms. The van der Waals surface area contributed by atoms with E-state index >= 15 is 0 Å². The largest absolute Gasteiger partial charge is 0.462 e. The van der Waals surface area contributed by atoms with Gasteiger partial charge in [-0.15, -0.1) is 6.42 Å². The zero-order valence-electron chi connectivity index (χ0n) is 20.1. The fourth-order valence-corrected chi connectivity index (χ4v) is 7.00. The molecule has 10 heteroatoms. The molecule has 1 amide bonds. The van der Waals surface area contributed by atoms with Crippen molar-refractivity contribution in [2.75, 3.05) is 13.2 Å². The number of thiazole rings is 1. The van der Waals surface area contributed by atoms with E-state index in [0.29, 0.717) is 16.9 Å². The van der Waals surface area contributed by atoms with Gasteiger partial charge >= 0.3 is 5.97 Å². The molecule has 36 heavy (non-hydrogen) atoms. The lowest BCUT2D eigenvalue weighted by Gasteiger charge is -2.32. The van der Waals surface area contributed by atoms with Gasteiger partial charge in [0.25, 0.3) is 5.91 Å². The fraction of sp³-hybridized carbons (Fsp3) is 0.346. The number of nitrogens with zero attached hydrogens (tertiary/aromatic N) is 3. The lowest BCUT2D eigenvalue weighted by Crippen LogP contribution is -2.41. The van der Waals surface area contributed by atoms with E-state index in [0.717, 1.165) is 29.5 Å². The SMILES string of the molecule is C#CCn1c(=NC(=O)c2ccc(S(=O)(=O)N3CCCCC3C)cc2)sc2cc(C(=O)OCC)ccc21. The number of hydrogen-bond donors (Lipinski definition) is 0. The van der Waals surface area contributed by atoms with E-state index in [1.807, 2.05) is 6.92 Å². The molecule has 3 aromatic rings. The molecular formula is C26H27N3O5S2. The van der Waals surface area contributed by atoms with Gasteiger partial charge in [-0.25, -0.2) is 13.2 Å². The molecule has 1 atom stereocenters. The van der Waals surface area contributed by atoms with Crippen molar-refractivity contribution in [1.29, 1.82) is 0 Å². The van der Waals surface area contributed by atoms with Crippen LogP contribution in [0.2, 0.25) is 0 Å². The molecule has 1 unspecified atom stereocenters. The number of amides is 1. The maximum Gasteiger partial charge on any atom is 0.338 e. The second-order valence-electron chi connectivity index (χ2n) is 8.48. The summed E-state index contributed by atoms with van der Waals surface area (Å²) in [6, 6.07) is 10.9. The highest BCUT2D eigenvalue weighted by molar-refractivity contribution is 7.89. The number of esters is 1. The van der Waals surface area contributed by atoms with Crippen LogP contribution in [0.5, 0.6) is 0 Å². The molecule has 1 aromatic heterocycles. The van der Waals surface area contributed by atoms with Crippen molar-refractivity contribution >= 4 is 43.5 Å². The van der Waals surface area contributed by atoms with Gasteiger partial charge in [-0.1, -0.05) is 23.7 Å². The molecule has 1 aliphatic heterocycles. The first kappa shape index (κ1) is 25.8. The lowest BCUT2D eigenvalue weighted by atomic mass is 10.1. The molecule has 4 rings (SSSR count). The summed E-state index contributed by atoms with van der Waals surface area (Å²) in [5.74, 6) is 1.62. The minimum absolute atomic E-state index is 0.0519. The Morgan fingerprint density at radius 1 is 1.17 bits per heavy atom. The zero-order chi connectivity index (χ0) is 25.9. The Morgan fingerprint density at radius 3 is 2.56 bits per heavy atom. The molecule has 0 saturated carbocycles. The second kappa shape index (κ2) is 10.8. The van der Waals surface area contributed by atoms with E-state index in [4.69, 9.17) is 11.2 Å². The van der Waals surface area contributed by atoms with Crippen LogP contribution in [0, 0.1) is 12.3 Å². The van der Waals surface area contributed by atoms with Gasteiger partial charge in [0.05, 0.1) is 33.8 Å². The van der Waals surface area contributed by atoms with Crippen molar-refractivity contribution in [2.45, 2.75) is 50.6 Å². The molecule has 2 heterocycles. The predicted octanol–water partition coefficient (Wildman–Crippen LogP) is 3.82. The van der Waals surface area contributed by atoms with Gasteiger partial charge in [-0.2, -0.15) is 9.30 Å². The topological polar surface area (TPSA) is 98.0 Å². The molecule has 1 fully saturated rings. The summed E-state index contributed by atoms with van der Waals surface area (Å²) in [6.07, 6.45) is 8.23. The van der Waals surface area contributed by atoms with E-state index in [-0.39, 0.29) is 29.7 Å². The molecule has 0 bridgehead atoms. The van der Waals surface area contributed by atoms with Gasteiger partial charge in [-0.3, -0.25) is 4.79 Å². The first-order chi connectivity index (χ1) is 17.3. The van der Waals surface area contributed by atoms with E-state index in [1.54, 1.807) is 29.7 Å². The molecule has 1 saturated heterocycles. The number of ether oxygens (including phenoxy) is 1. The van der Waals surface area contributed by atoms with Crippen molar-refractivity contribution in [2.24, 2.45) is 4.99 Å². The van der Waals surface area contributed by atoms with Crippen LogP contribution < -0.4 is 4.80 Å². The monoisotopic (exact) mass is 525 g/mol. The number of benzene rings is 2. The minimum Gasteiger partial charge on any atom is -0.462 e. The average Bonchev–Trinajstić information content (AvgIpc) is 3.20. The molecule has 0 N–H and O–H groups in total. The Kier molecular flexibility index (Phi) is 7.73. The van der Waals surface area contributed by atoms with E-state index in [9.17, 15) is 18.0 Å². The Labute approximate surface area is 214 Å². The van der Waals surface area contributed by atoms with Crippen LogP contribution in [-0.2, 0) is 21.3 Å². The van der Waals surface area contributed by atoms with Gasteiger partial charge in [0.15, 0.2) is 4.80 Å². The number of aromatic nitrogens is 1. The molecule has 8 nitrogen and oxygen atoms in total. The second-order valence-corrected chi connectivity index (χ2v) is 11.4. The number of rotatable bonds is 6. The first-order valence-corrected chi connectivity index (χ1v) is 14.0. The van der Waals surface area contributed by atoms with Crippen LogP contribution >= 0.6 is 11.3 Å². The molecule has 0 aliphatic carbocycles. The van der Waals surface area contributed by atoms with Gasteiger partial charge in [0.2, 0.25) is 10.0 Å². The summed E-state index contributed by atoms with van der Waals surface area (Å²) in [5.41, 5.74) is 1.41. The van der Waals surface area contributed by atoms with Crippen molar-refractivity contribution in [3.8, 4) is 12.3 Å². The van der Waals surface area contributed by atoms with Crippen LogP contribution in [0.15, 0.2) is 52.4 Å². The summed E-state index contributed by atoms with van der Waals surface area (Å²) in [7, 11) is -3.63. The smallest absolute Gasteiger partial charge is 0.338 e. The van der Waals surface area contributed by atoms with Crippen LogP contribution in [0.1, 0.15) is 53.8 Å². The average molecular weight is 526 g/mol. The summed E-state index contributed by atoms with van der Waals surface area (Å²) >= 11 is 1.23. The van der Waals surface area contributed by atoms with Crippen LogP contribution in [0.3, 0.4) is 0 Å². The summed E-state index contributed by atoms with van der Waals surface area (Å²) < 4.78 is 35.2. The van der Waals surface area contributed by atoms with Gasteiger partial charge in [0, 0.05) is 18.2 Å². The lowest BCUT2D eigenvalue weighted by molar-refractivity contribution is 0.0526. The summed E-state index contributed by atoms with van der Waals surface area (Å²) in [4.78, 5) is 29.9. The third-order valence-corrected chi connectivity index (χ3v) is 9.16. The molecule has 188 valence electrons. The third-order valence-electron chi connectivity index (χ3n) is 6.09. The van der Waals surface area contributed by atoms with Gasteiger partial charge in [-0.05, 0) is 69.2 Å². The van der Waals surface area contributed by atoms with Crippen molar-refractivity contribution in [1.82, 2.24) is 8.87 Å². The summed E-state index contributed by atoms with van der Waals surface area (Å²) in [5, 5.41) is 0. The van der Waals surface area contributed by atoms with Crippen molar-refractivity contribution in [3.63, 3.8) is 0 Å². The van der Waals surface area contributed by atoms with E-state index in [2.05, 4.69) is 10.9 Å². The third kappa shape index (κ3) is 5.14. The van der Waals surface area contributed by atoms with Crippen LogP contribution in [0.25, 0.3) is 10.2 Å². The number of piperidine rings is 1. The zero-order valence-corrected chi connectivity index (χ0v) is 21.8. The van der Waals surface area contributed by atoms with Crippen LogP contribution in [0.4, 0.5) is 0 Å². The van der Waals surface area contributed by atoms with Gasteiger partial charge in [0.1, 0.15) is 0 Å². The Balaban J connectivity index is 1.66. The molecule has 1 aliphatic rings. The molecule has 0 radical (unpaired) electrons. The number of terminal acetylenes is 1. The number of sulfonamides is 1. The van der Waals surface area contributed by atoms with Crippen molar-refractivity contribution < 1.29 is 22.7 Å². The van der Waals surface area contributed by atoms with Crippen LogP contribution in [-0.4, -0.2) is 48.4 Å². The van der Waals surface area contributed by atoms with E-state index < -0.39 is 21.9 Å². The standard InChI is InChI=1S/C26H27N3O5S2/c1-4-15-28-22-14-11-20(25(31)34-5-2)17-23(22)35-26(28)27-24(30)19-9-12-21(13-10-19)36(32,33)29-16-7-6-8-18(29)3/h1,9-14,17-18H,5-8,15-16H2,2-3H3. The highest BCUT2D eigenvalue weighted by Gasteiger charge is 2.30. The number of carbonyl (C=O) groups is 2. The maximum absolute atomic E-state index is 13.1. The highest BCUT2D eigenvalue weighted by atomic mass is 32.2. The first-order valence-electron chi connectivity index (χ1n) is 11.7. The van der Waals surface area contributed by atoms with Crippen molar-refractivity contribution in [3.05, 3.63) is 58.4 Å². The fourth-order valence-electron chi connectivity index (χ4n) is 4.23. The predicted molar refractivity (Wildman–Crippen MR) is 138 cm³/mol. The number of fused-ring (bicyclic) bond motifs is 1. The summed E-state index contributed by atoms with van der Waals surface area (Å²) in [6.45, 7) is 4.61. The number of hydrogen-bond acceptors (Lipinski definition) is 6. The molecular weight excluding hydrogens is 498 g/mol. The minimum atomic E-state index is -3.63. The Hall–Kier alpha value is -3.26. The quantitative estimate of drug-likeness (QED) is 0.360. The Morgan fingerprint density at radius 2 is 1.89 bits per heavy atom. The van der Waals surface area contributed by atoms with E-state index in [1.165, 1.54) is 39.9 Å². The number of carbonyl (C=O) groups excluding carboxylic acids is 2. The Bertz CT molecular complexity index is 1510. The normalized spacial score (nSPS) is 17.1.